The first kappa shape index (κ1) is 15.0. The van der Waals surface area contributed by atoms with E-state index >= 15 is 0 Å². The van der Waals surface area contributed by atoms with Crippen molar-refractivity contribution in [1.82, 2.24) is 5.32 Å². The first-order valence-electron chi connectivity index (χ1n) is 6.27. The van der Waals surface area contributed by atoms with Gasteiger partial charge in [-0.1, -0.05) is 44.0 Å². The van der Waals surface area contributed by atoms with Crippen LogP contribution in [0.5, 0.6) is 0 Å². The molecule has 1 aromatic carbocycles. The van der Waals surface area contributed by atoms with E-state index in [1.807, 2.05) is 45.0 Å². The van der Waals surface area contributed by atoms with Gasteiger partial charge in [-0.25, -0.2) is 0 Å². The van der Waals surface area contributed by atoms with Gasteiger partial charge in [-0.3, -0.25) is 4.79 Å². The molecule has 0 heterocycles. The van der Waals surface area contributed by atoms with Crippen LogP contribution < -0.4 is 11.1 Å². The van der Waals surface area contributed by atoms with E-state index in [0.717, 1.165) is 12.0 Å². The molecule has 1 rings (SSSR count). The molecule has 1 aromatic rings. The van der Waals surface area contributed by atoms with Crippen LogP contribution in [0, 0.1) is 5.92 Å². The van der Waals surface area contributed by atoms with Crippen LogP contribution in [0.3, 0.4) is 0 Å². The molecular formula is C14H21ClN2O. The highest BCUT2D eigenvalue weighted by atomic mass is 35.5. The summed E-state index contributed by atoms with van der Waals surface area (Å²) in [6.07, 6.45) is 0.889. The van der Waals surface area contributed by atoms with Crippen LogP contribution in [0.4, 0.5) is 0 Å². The van der Waals surface area contributed by atoms with Gasteiger partial charge in [-0.05, 0) is 30.5 Å². The fourth-order valence-corrected chi connectivity index (χ4v) is 1.88. The van der Waals surface area contributed by atoms with E-state index in [1.165, 1.54) is 0 Å². The molecule has 0 aliphatic rings. The third-order valence-corrected chi connectivity index (χ3v) is 3.50. The zero-order chi connectivity index (χ0) is 13.7. The zero-order valence-electron chi connectivity index (χ0n) is 11.1. The number of rotatable bonds is 5. The average Bonchev–Trinajstić information content (AvgIpc) is 2.36. The summed E-state index contributed by atoms with van der Waals surface area (Å²) >= 11 is 5.92. The van der Waals surface area contributed by atoms with E-state index in [4.69, 9.17) is 17.3 Å². The molecule has 0 saturated carbocycles. The van der Waals surface area contributed by atoms with Gasteiger partial charge in [0.05, 0.1) is 12.1 Å². The number of benzene rings is 1. The van der Waals surface area contributed by atoms with Crippen molar-refractivity contribution in [3.63, 3.8) is 0 Å². The lowest BCUT2D eigenvalue weighted by atomic mass is 9.98. The number of halogens is 1. The number of hydrogen-bond donors (Lipinski definition) is 2. The molecule has 1 unspecified atom stereocenters. The molecule has 0 bridgehead atoms. The van der Waals surface area contributed by atoms with Gasteiger partial charge in [0.15, 0.2) is 0 Å². The van der Waals surface area contributed by atoms with Gasteiger partial charge in [0.25, 0.3) is 0 Å². The van der Waals surface area contributed by atoms with Gasteiger partial charge in [0, 0.05) is 5.02 Å². The quantitative estimate of drug-likeness (QED) is 0.863. The Morgan fingerprint density at radius 3 is 2.67 bits per heavy atom. The SMILES string of the molecule is CCC(C)[C@H](N)C(=O)N[C@@H](C)c1cccc(Cl)c1. The summed E-state index contributed by atoms with van der Waals surface area (Å²) in [5, 5.41) is 3.58. The van der Waals surface area contributed by atoms with Crippen molar-refractivity contribution in [2.24, 2.45) is 11.7 Å². The Kier molecular flexibility index (Phi) is 5.63. The lowest BCUT2D eigenvalue weighted by Gasteiger charge is -2.21. The molecule has 0 aromatic heterocycles. The number of hydrogen-bond acceptors (Lipinski definition) is 2. The van der Waals surface area contributed by atoms with Crippen LogP contribution in [0.15, 0.2) is 24.3 Å². The van der Waals surface area contributed by atoms with Crippen LogP contribution in [-0.2, 0) is 4.79 Å². The Morgan fingerprint density at radius 2 is 2.11 bits per heavy atom. The van der Waals surface area contributed by atoms with Crippen molar-refractivity contribution >= 4 is 17.5 Å². The third kappa shape index (κ3) is 4.00. The lowest BCUT2D eigenvalue weighted by molar-refractivity contribution is -0.124. The molecule has 0 fully saturated rings. The summed E-state index contributed by atoms with van der Waals surface area (Å²) in [7, 11) is 0. The van der Waals surface area contributed by atoms with Crippen molar-refractivity contribution in [2.45, 2.75) is 39.3 Å². The Hall–Kier alpha value is -1.06. The van der Waals surface area contributed by atoms with Crippen molar-refractivity contribution in [3.05, 3.63) is 34.9 Å². The summed E-state index contributed by atoms with van der Waals surface area (Å²) in [6, 6.07) is 6.91. The minimum Gasteiger partial charge on any atom is -0.348 e. The third-order valence-electron chi connectivity index (χ3n) is 3.27. The second-order valence-corrected chi connectivity index (χ2v) is 5.13. The van der Waals surface area contributed by atoms with Crippen molar-refractivity contribution in [2.75, 3.05) is 0 Å². The summed E-state index contributed by atoms with van der Waals surface area (Å²) in [4.78, 5) is 11.9. The van der Waals surface area contributed by atoms with Crippen LogP contribution in [0.25, 0.3) is 0 Å². The Labute approximate surface area is 114 Å². The second kappa shape index (κ2) is 6.76. The van der Waals surface area contributed by atoms with Crippen LogP contribution in [-0.4, -0.2) is 11.9 Å². The van der Waals surface area contributed by atoms with E-state index in [0.29, 0.717) is 5.02 Å². The molecule has 100 valence electrons. The smallest absolute Gasteiger partial charge is 0.237 e. The fraction of sp³-hybridized carbons (Fsp3) is 0.500. The first-order chi connectivity index (χ1) is 8.45. The number of nitrogens with two attached hydrogens (primary N) is 1. The highest BCUT2D eigenvalue weighted by molar-refractivity contribution is 6.30. The predicted octanol–water partition coefficient (Wildman–Crippen LogP) is 2.89. The Bertz CT molecular complexity index is 409. The number of carbonyl (C=O) groups is 1. The van der Waals surface area contributed by atoms with Crippen molar-refractivity contribution in [1.29, 1.82) is 0 Å². The van der Waals surface area contributed by atoms with Gasteiger partial charge >= 0.3 is 0 Å². The minimum absolute atomic E-state index is 0.0914. The van der Waals surface area contributed by atoms with Gasteiger partial charge in [0.1, 0.15) is 0 Å². The van der Waals surface area contributed by atoms with Crippen LogP contribution in [0.1, 0.15) is 38.8 Å². The van der Waals surface area contributed by atoms with E-state index in [-0.39, 0.29) is 17.9 Å². The number of amides is 1. The largest absolute Gasteiger partial charge is 0.348 e. The summed E-state index contributed by atoms with van der Waals surface area (Å²) < 4.78 is 0. The molecule has 0 saturated heterocycles. The molecule has 0 aliphatic carbocycles. The molecule has 0 aliphatic heterocycles. The summed E-state index contributed by atoms with van der Waals surface area (Å²) in [5.74, 6) is 0.0633. The van der Waals surface area contributed by atoms with Gasteiger partial charge in [-0.15, -0.1) is 0 Å². The van der Waals surface area contributed by atoms with Gasteiger partial charge in [-0.2, -0.15) is 0 Å². The molecule has 3 nitrogen and oxygen atoms in total. The minimum atomic E-state index is -0.461. The highest BCUT2D eigenvalue weighted by Gasteiger charge is 2.21. The molecule has 4 heteroatoms. The van der Waals surface area contributed by atoms with Crippen LogP contribution in [0.2, 0.25) is 5.02 Å². The summed E-state index contributed by atoms with van der Waals surface area (Å²) in [6.45, 7) is 5.93. The topological polar surface area (TPSA) is 55.1 Å². The normalized spacial score (nSPS) is 15.8. The number of nitrogens with one attached hydrogen (secondary N) is 1. The van der Waals surface area contributed by atoms with E-state index in [1.54, 1.807) is 0 Å². The van der Waals surface area contributed by atoms with E-state index < -0.39 is 6.04 Å². The standard InChI is InChI=1S/C14H21ClN2O/c1-4-9(2)13(16)14(18)17-10(3)11-6-5-7-12(15)8-11/h5-10,13H,4,16H2,1-3H3,(H,17,18)/t9?,10-,13-/m0/s1. The molecule has 3 atom stereocenters. The predicted molar refractivity (Wildman–Crippen MR) is 75.4 cm³/mol. The Morgan fingerprint density at radius 1 is 1.44 bits per heavy atom. The number of carbonyl (C=O) groups excluding carboxylic acids is 1. The van der Waals surface area contributed by atoms with Crippen LogP contribution >= 0.6 is 11.6 Å². The maximum absolute atomic E-state index is 11.9. The maximum Gasteiger partial charge on any atom is 0.237 e. The molecule has 3 N–H and O–H groups in total. The second-order valence-electron chi connectivity index (χ2n) is 4.70. The molecular weight excluding hydrogens is 248 g/mol. The molecule has 18 heavy (non-hydrogen) atoms. The van der Waals surface area contributed by atoms with Gasteiger partial charge < -0.3 is 11.1 Å². The molecule has 0 spiro atoms. The average molecular weight is 269 g/mol. The molecule has 0 radical (unpaired) electrons. The Balaban J connectivity index is 2.65. The zero-order valence-corrected chi connectivity index (χ0v) is 11.9. The highest BCUT2D eigenvalue weighted by Crippen LogP contribution is 2.17. The lowest BCUT2D eigenvalue weighted by Crippen LogP contribution is -2.45. The fourth-order valence-electron chi connectivity index (χ4n) is 1.68. The van der Waals surface area contributed by atoms with E-state index in [9.17, 15) is 4.79 Å². The first-order valence-corrected chi connectivity index (χ1v) is 6.65. The van der Waals surface area contributed by atoms with E-state index in [2.05, 4.69) is 5.32 Å². The molecule has 1 amide bonds. The maximum atomic E-state index is 11.9. The van der Waals surface area contributed by atoms with Gasteiger partial charge in [0.2, 0.25) is 5.91 Å². The monoisotopic (exact) mass is 268 g/mol. The van der Waals surface area contributed by atoms with Crippen molar-refractivity contribution < 1.29 is 4.79 Å². The summed E-state index contributed by atoms with van der Waals surface area (Å²) in [5.41, 5.74) is 6.87. The van der Waals surface area contributed by atoms with Crippen molar-refractivity contribution in [3.8, 4) is 0 Å².